The topological polar surface area (TPSA) is 71.3 Å². The highest BCUT2D eigenvalue weighted by Gasteiger charge is 2.15. The van der Waals surface area contributed by atoms with E-state index in [0.717, 1.165) is 5.56 Å². The summed E-state index contributed by atoms with van der Waals surface area (Å²) >= 11 is 0. The van der Waals surface area contributed by atoms with Crippen LogP contribution >= 0.6 is 0 Å². The third-order valence-corrected chi connectivity index (χ3v) is 5.76. The summed E-state index contributed by atoms with van der Waals surface area (Å²) in [5.74, 6) is -0.156. The molecule has 0 saturated carbocycles. The molecule has 2 rings (SSSR count). The number of hydrogen-bond acceptors (Lipinski definition) is 3. The van der Waals surface area contributed by atoms with Gasteiger partial charge in [0.2, 0.25) is 5.91 Å². The Labute approximate surface area is 143 Å². The van der Waals surface area contributed by atoms with E-state index < -0.39 is 8.07 Å². The Balaban J connectivity index is 1.70. The highest BCUT2D eigenvalue weighted by Crippen LogP contribution is 2.04. The molecule has 1 aromatic carbocycles. The van der Waals surface area contributed by atoms with Crippen molar-refractivity contribution < 1.29 is 14.0 Å². The molecule has 2 aromatic rings. The average molecular weight is 344 g/mol. The smallest absolute Gasteiger partial charge is 0.286 e. The van der Waals surface area contributed by atoms with E-state index >= 15 is 0 Å². The number of benzene rings is 1. The molecule has 0 aliphatic rings. The Morgan fingerprint density at radius 2 is 1.75 bits per heavy atom. The van der Waals surface area contributed by atoms with Crippen LogP contribution in [0, 0.1) is 0 Å². The van der Waals surface area contributed by atoms with Gasteiger partial charge in [-0.2, -0.15) is 0 Å². The van der Waals surface area contributed by atoms with Gasteiger partial charge in [-0.05, 0) is 17.7 Å². The van der Waals surface area contributed by atoms with Crippen LogP contribution in [0.4, 0.5) is 0 Å². The van der Waals surface area contributed by atoms with Crippen molar-refractivity contribution in [2.24, 2.45) is 0 Å². The van der Waals surface area contributed by atoms with Crippen molar-refractivity contribution in [3.05, 3.63) is 54.0 Å². The molecule has 2 amide bonds. The Morgan fingerprint density at radius 3 is 2.33 bits per heavy atom. The maximum absolute atomic E-state index is 11.8. The largest absolute Gasteiger partial charge is 0.459 e. The van der Waals surface area contributed by atoms with Crippen LogP contribution in [-0.4, -0.2) is 26.4 Å². The quantitative estimate of drug-likeness (QED) is 0.757. The summed E-state index contributed by atoms with van der Waals surface area (Å²) in [5, 5.41) is 6.91. The number of carbonyl (C=O) groups excluding carboxylic acids is 2. The predicted octanol–water partition coefficient (Wildman–Crippen LogP) is 2.26. The van der Waals surface area contributed by atoms with E-state index in [1.165, 1.54) is 11.4 Å². The molecule has 128 valence electrons. The van der Waals surface area contributed by atoms with Gasteiger partial charge in [-0.1, -0.05) is 49.1 Å². The highest BCUT2D eigenvalue weighted by atomic mass is 28.3. The van der Waals surface area contributed by atoms with Crippen molar-refractivity contribution >= 4 is 25.1 Å². The van der Waals surface area contributed by atoms with Gasteiger partial charge in [0.05, 0.1) is 14.3 Å². The Hall–Kier alpha value is -2.34. The summed E-state index contributed by atoms with van der Waals surface area (Å²) in [6, 6.07) is 11.7. The molecule has 0 unspecified atom stereocenters. The molecule has 5 nitrogen and oxygen atoms in total. The van der Waals surface area contributed by atoms with Crippen LogP contribution in [0.5, 0.6) is 0 Å². The highest BCUT2D eigenvalue weighted by molar-refractivity contribution is 6.88. The molecule has 0 radical (unpaired) electrons. The summed E-state index contributed by atoms with van der Waals surface area (Å²) in [5.41, 5.74) is 1.07. The van der Waals surface area contributed by atoms with Gasteiger partial charge < -0.3 is 15.1 Å². The van der Waals surface area contributed by atoms with Gasteiger partial charge >= 0.3 is 0 Å². The van der Waals surface area contributed by atoms with Gasteiger partial charge in [-0.15, -0.1) is 0 Å². The standard InChI is InChI=1S/C18H24N2O3Si/c1-24(2,3)15-8-6-14(7-9-15)13-20-17(21)10-11-19-18(22)16-5-4-12-23-16/h4-9,12H,10-11,13H2,1-3H3,(H,19,22)(H,20,21). The molecule has 0 aliphatic heterocycles. The molecule has 24 heavy (non-hydrogen) atoms. The second kappa shape index (κ2) is 7.96. The van der Waals surface area contributed by atoms with Gasteiger partial charge in [0.15, 0.2) is 5.76 Å². The third-order valence-electron chi connectivity index (χ3n) is 3.69. The lowest BCUT2D eigenvalue weighted by Gasteiger charge is -2.16. The Bertz CT molecular complexity index is 673. The van der Waals surface area contributed by atoms with Crippen molar-refractivity contribution in [1.29, 1.82) is 0 Å². The molecule has 0 spiro atoms. The maximum atomic E-state index is 11.8. The van der Waals surface area contributed by atoms with Gasteiger partial charge in [-0.3, -0.25) is 9.59 Å². The molecular formula is C18H24N2O3Si. The van der Waals surface area contributed by atoms with Crippen molar-refractivity contribution in [3.63, 3.8) is 0 Å². The fourth-order valence-corrected chi connectivity index (χ4v) is 3.36. The first-order valence-corrected chi connectivity index (χ1v) is 11.5. The van der Waals surface area contributed by atoms with E-state index in [4.69, 9.17) is 4.42 Å². The number of nitrogens with one attached hydrogen (secondary N) is 2. The van der Waals surface area contributed by atoms with Crippen LogP contribution in [0.1, 0.15) is 22.5 Å². The van der Waals surface area contributed by atoms with Crippen LogP contribution in [0.3, 0.4) is 0 Å². The molecule has 1 aromatic heterocycles. The lowest BCUT2D eigenvalue weighted by molar-refractivity contribution is -0.121. The SMILES string of the molecule is C[Si](C)(C)c1ccc(CNC(=O)CCNC(=O)c2ccco2)cc1. The molecule has 0 bridgehead atoms. The number of rotatable bonds is 7. The summed E-state index contributed by atoms with van der Waals surface area (Å²) in [7, 11) is -1.29. The fraction of sp³-hybridized carbons (Fsp3) is 0.333. The molecule has 2 N–H and O–H groups in total. The minimum atomic E-state index is -1.29. The second-order valence-corrected chi connectivity index (χ2v) is 11.8. The van der Waals surface area contributed by atoms with Crippen LogP contribution in [0.15, 0.2) is 47.1 Å². The van der Waals surface area contributed by atoms with E-state index in [0.29, 0.717) is 6.54 Å². The molecule has 0 saturated heterocycles. The minimum Gasteiger partial charge on any atom is -0.459 e. The first kappa shape index (κ1) is 18.0. The molecule has 6 heteroatoms. The molecule has 0 aliphatic carbocycles. The molecule has 0 fully saturated rings. The van der Waals surface area contributed by atoms with Crippen molar-refractivity contribution in [3.8, 4) is 0 Å². The lowest BCUT2D eigenvalue weighted by Crippen LogP contribution is -2.37. The van der Waals surface area contributed by atoms with E-state index in [2.05, 4.69) is 54.5 Å². The predicted molar refractivity (Wildman–Crippen MR) is 96.9 cm³/mol. The van der Waals surface area contributed by atoms with E-state index in [1.54, 1.807) is 12.1 Å². The number of carbonyl (C=O) groups is 2. The van der Waals surface area contributed by atoms with Gasteiger partial charge in [0.25, 0.3) is 5.91 Å². The average Bonchev–Trinajstić information content (AvgIpc) is 3.07. The monoisotopic (exact) mass is 344 g/mol. The van der Waals surface area contributed by atoms with Crippen LogP contribution in [0.25, 0.3) is 0 Å². The summed E-state index contributed by atoms with van der Waals surface area (Å²) < 4.78 is 4.98. The van der Waals surface area contributed by atoms with E-state index in [9.17, 15) is 9.59 Å². The summed E-state index contributed by atoms with van der Waals surface area (Å²) in [4.78, 5) is 23.5. The third kappa shape index (κ3) is 5.38. The van der Waals surface area contributed by atoms with E-state index in [1.807, 2.05) is 0 Å². The maximum Gasteiger partial charge on any atom is 0.286 e. The molecule has 1 heterocycles. The summed E-state index contributed by atoms with van der Waals surface area (Å²) in [6.45, 7) is 7.69. The molecular weight excluding hydrogens is 320 g/mol. The lowest BCUT2D eigenvalue weighted by atomic mass is 10.2. The van der Waals surface area contributed by atoms with Crippen molar-refractivity contribution in [2.45, 2.75) is 32.6 Å². The number of hydrogen-bond donors (Lipinski definition) is 2. The van der Waals surface area contributed by atoms with Crippen LogP contribution in [0.2, 0.25) is 19.6 Å². The molecule has 0 atom stereocenters. The summed E-state index contributed by atoms with van der Waals surface area (Å²) in [6.07, 6.45) is 1.68. The Kier molecular flexibility index (Phi) is 5.97. The van der Waals surface area contributed by atoms with Gasteiger partial charge in [0, 0.05) is 19.5 Å². The zero-order valence-electron chi connectivity index (χ0n) is 14.4. The number of furan rings is 1. The second-order valence-electron chi connectivity index (χ2n) is 6.71. The van der Waals surface area contributed by atoms with Gasteiger partial charge in [-0.25, -0.2) is 0 Å². The van der Waals surface area contributed by atoms with Crippen molar-refractivity contribution in [1.82, 2.24) is 10.6 Å². The normalized spacial score (nSPS) is 11.1. The van der Waals surface area contributed by atoms with Gasteiger partial charge in [0.1, 0.15) is 0 Å². The Morgan fingerprint density at radius 1 is 1.04 bits per heavy atom. The number of amides is 2. The minimum absolute atomic E-state index is 0.0935. The van der Waals surface area contributed by atoms with Crippen molar-refractivity contribution in [2.75, 3.05) is 6.54 Å². The van der Waals surface area contributed by atoms with Crippen LogP contribution in [-0.2, 0) is 11.3 Å². The first-order valence-electron chi connectivity index (χ1n) is 8.04. The zero-order valence-corrected chi connectivity index (χ0v) is 15.4. The zero-order chi connectivity index (χ0) is 17.6. The first-order chi connectivity index (χ1) is 11.4. The van der Waals surface area contributed by atoms with Crippen LogP contribution < -0.4 is 15.8 Å². The van der Waals surface area contributed by atoms with E-state index in [-0.39, 0.29) is 30.5 Å². The fourth-order valence-electron chi connectivity index (χ4n) is 2.20.